The Hall–Kier alpha value is -1.12. The zero-order valence-electron chi connectivity index (χ0n) is 11.7. The lowest BCUT2D eigenvalue weighted by Gasteiger charge is -2.26. The Labute approximate surface area is 111 Å². The first-order valence-electron chi connectivity index (χ1n) is 6.80. The molecule has 0 amide bonds. The van der Waals surface area contributed by atoms with Crippen LogP contribution in [0.15, 0.2) is 42.5 Å². The highest BCUT2D eigenvalue weighted by atomic mass is 16.5. The van der Waals surface area contributed by atoms with E-state index in [0.29, 0.717) is 0 Å². The third kappa shape index (κ3) is 4.63. The number of allylic oxidation sites excluding steroid dienone is 1. The van der Waals surface area contributed by atoms with Crippen LogP contribution >= 0.6 is 0 Å². The van der Waals surface area contributed by atoms with Gasteiger partial charge in [-0.3, -0.25) is 0 Å². The predicted molar refractivity (Wildman–Crippen MR) is 76.9 cm³/mol. The Morgan fingerprint density at radius 1 is 1.28 bits per heavy atom. The summed E-state index contributed by atoms with van der Waals surface area (Å²) >= 11 is 0. The first-order valence-corrected chi connectivity index (χ1v) is 6.80. The average molecular weight is 247 g/mol. The lowest BCUT2D eigenvalue weighted by atomic mass is 9.92. The molecule has 0 fully saturated rings. The largest absolute Gasteiger partial charge is 0.314 e. The van der Waals surface area contributed by atoms with Crippen molar-refractivity contribution in [3.63, 3.8) is 0 Å². The molecule has 100 valence electrons. The van der Waals surface area contributed by atoms with Crippen LogP contribution in [0.4, 0.5) is 0 Å². The van der Waals surface area contributed by atoms with Crippen LogP contribution in [0, 0.1) is 0 Å². The SMILES string of the molecule is CCCC/C=C/C(C(C)c1ccccc1)N(C)O. The predicted octanol–water partition coefficient (Wildman–Crippen LogP) is 4.23. The van der Waals surface area contributed by atoms with Gasteiger partial charge in [0.1, 0.15) is 0 Å². The van der Waals surface area contributed by atoms with E-state index in [1.165, 1.54) is 23.5 Å². The summed E-state index contributed by atoms with van der Waals surface area (Å²) in [6.07, 6.45) is 7.80. The number of unbranched alkanes of at least 4 members (excludes halogenated alkanes) is 2. The van der Waals surface area contributed by atoms with Gasteiger partial charge in [0.15, 0.2) is 0 Å². The molecule has 1 aromatic rings. The second kappa shape index (κ2) is 8.06. The maximum absolute atomic E-state index is 9.78. The van der Waals surface area contributed by atoms with Crippen LogP contribution in [0.25, 0.3) is 0 Å². The molecule has 1 rings (SSSR count). The van der Waals surface area contributed by atoms with Crippen molar-refractivity contribution in [1.29, 1.82) is 0 Å². The van der Waals surface area contributed by atoms with Crippen LogP contribution in [0.1, 0.15) is 44.6 Å². The number of benzene rings is 1. The molecular formula is C16H25NO. The fourth-order valence-electron chi connectivity index (χ4n) is 2.13. The molecule has 0 spiro atoms. The van der Waals surface area contributed by atoms with Crippen molar-refractivity contribution in [2.75, 3.05) is 7.05 Å². The quantitative estimate of drug-likeness (QED) is 0.443. The first kappa shape index (κ1) is 14.9. The highest BCUT2D eigenvalue weighted by Crippen LogP contribution is 2.22. The van der Waals surface area contributed by atoms with E-state index < -0.39 is 0 Å². The number of rotatable bonds is 7. The molecule has 1 N–H and O–H groups in total. The minimum atomic E-state index is 0.0317. The smallest absolute Gasteiger partial charge is 0.0592 e. The summed E-state index contributed by atoms with van der Waals surface area (Å²) in [5, 5.41) is 11.1. The summed E-state index contributed by atoms with van der Waals surface area (Å²) in [6, 6.07) is 10.4. The Balaban J connectivity index is 2.70. The van der Waals surface area contributed by atoms with Gasteiger partial charge >= 0.3 is 0 Å². The number of hydrogen-bond acceptors (Lipinski definition) is 2. The summed E-state index contributed by atoms with van der Waals surface area (Å²) in [6.45, 7) is 4.34. The van der Waals surface area contributed by atoms with Gasteiger partial charge < -0.3 is 5.21 Å². The van der Waals surface area contributed by atoms with Crippen LogP contribution in [-0.2, 0) is 0 Å². The maximum atomic E-state index is 9.78. The zero-order chi connectivity index (χ0) is 13.4. The highest BCUT2D eigenvalue weighted by Gasteiger charge is 2.19. The van der Waals surface area contributed by atoms with E-state index in [9.17, 15) is 5.21 Å². The standard InChI is InChI=1S/C16H25NO/c1-4-5-6-10-13-16(17(3)18)14(2)15-11-8-7-9-12-15/h7-14,16,18H,4-6H2,1-3H3/b13-10+. The van der Waals surface area contributed by atoms with Crippen molar-refractivity contribution in [1.82, 2.24) is 5.06 Å². The van der Waals surface area contributed by atoms with E-state index >= 15 is 0 Å². The Morgan fingerprint density at radius 2 is 1.94 bits per heavy atom. The van der Waals surface area contributed by atoms with Crippen molar-refractivity contribution >= 4 is 0 Å². The molecule has 2 unspecified atom stereocenters. The van der Waals surface area contributed by atoms with Crippen molar-refractivity contribution < 1.29 is 5.21 Å². The van der Waals surface area contributed by atoms with E-state index in [0.717, 1.165) is 6.42 Å². The number of hydrogen-bond donors (Lipinski definition) is 1. The van der Waals surface area contributed by atoms with Crippen molar-refractivity contribution in [2.24, 2.45) is 0 Å². The number of likely N-dealkylation sites (N-methyl/N-ethyl adjacent to an activating group) is 1. The molecule has 2 heteroatoms. The minimum absolute atomic E-state index is 0.0317. The summed E-state index contributed by atoms with van der Waals surface area (Å²) in [5.41, 5.74) is 1.25. The lowest BCUT2D eigenvalue weighted by Crippen LogP contribution is -2.31. The molecule has 2 nitrogen and oxygen atoms in total. The van der Waals surface area contributed by atoms with E-state index in [1.54, 1.807) is 7.05 Å². The Kier molecular flexibility index (Phi) is 6.69. The molecule has 0 saturated carbocycles. The first-order chi connectivity index (χ1) is 8.66. The van der Waals surface area contributed by atoms with Gasteiger partial charge in [0.2, 0.25) is 0 Å². The van der Waals surface area contributed by atoms with Gasteiger partial charge in [-0.2, -0.15) is 5.06 Å². The molecule has 0 heterocycles. The van der Waals surface area contributed by atoms with Gasteiger partial charge in [0.25, 0.3) is 0 Å². The molecule has 2 atom stereocenters. The molecule has 0 radical (unpaired) electrons. The molecular weight excluding hydrogens is 222 g/mol. The second-order valence-electron chi connectivity index (χ2n) is 4.83. The Bertz CT molecular complexity index is 345. The monoisotopic (exact) mass is 247 g/mol. The fraction of sp³-hybridized carbons (Fsp3) is 0.500. The summed E-state index contributed by atoms with van der Waals surface area (Å²) < 4.78 is 0. The van der Waals surface area contributed by atoms with E-state index in [2.05, 4.69) is 38.1 Å². The summed E-state index contributed by atoms with van der Waals surface area (Å²) in [5.74, 6) is 0.277. The lowest BCUT2D eigenvalue weighted by molar-refractivity contribution is -0.0934. The molecule has 1 aromatic carbocycles. The topological polar surface area (TPSA) is 23.5 Å². The van der Waals surface area contributed by atoms with Crippen molar-refractivity contribution in [3.8, 4) is 0 Å². The van der Waals surface area contributed by atoms with E-state index in [-0.39, 0.29) is 12.0 Å². The fourth-order valence-corrected chi connectivity index (χ4v) is 2.13. The normalized spacial score (nSPS) is 15.2. The van der Waals surface area contributed by atoms with Gasteiger partial charge in [-0.1, -0.05) is 69.2 Å². The molecule has 0 bridgehead atoms. The van der Waals surface area contributed by atoms with Gasteiger partial charge in [0, 0.05) is 13.0 Å². The third-order valence-corrected chi connectivity index (χ3v) is 3.33. The van der Waals surface area contributed by atoms with Gasteiger partial charge in [-0.05, 0) is 12.0 Å². The maximum Gasteiger partial charge on any atom is 0.0592 e. The number of nitrogens with zero attached hydrogens (tertiary/aromatic N) is 1. The van der Waals surface area contributed by atoms with Crippen LogP contribution in [0.3, 0.4) is 0 Å². The molecule has 0 aromatic heterocycles. The van der Waals surface area contributed by atoms with Crippen molar-refractivity contribution in [3.05, 3.63) is 48.0 Å². The molecule has 0 saturated heterocycles. The average Bonchev–Trinajstić information content (AvgIpc) is 2.39. The summed E-state index contributed by atoms with van der Waals surface area (Å²) in [7, 11) is 1.72. The molecule has 18 heavy (non-hydrogen) atoms. The third-order valence-electron chi connectivity index (χ3n) is 3.33. The zero-order valence-corrected chi connectivity index (χ0v) is 11.7. The van der Waals surface area contributed by atoms with Crippen molar-refractivity contribution in [2.45, 2.75) is 45.1 Å². The Morgan fingerprint density at radius 3 is 2.50 bits per heavy atom. The molecule has 0 aliphatic rings. The summed E-state index contributed by atoms with van der Waals surface area (Å²) in [4.78, 5) is 0. The molecule has 0 aliphatic carbocycles. The minimum Gasteiger partial charge on any atom is -0.314 e. The van der Waals surface area contributed by atoms with Crippen LogP contribution in [0.2, 0.25) is 0 Å². The van der Waals surface area contributed by atoms with Gasteiger partial charge in [-0.25, -0.2) is 0 Å². The van der Waals surface area contributed by atoms with Gasteiger partial charge in [0.05, 0.1) is 6.04 Å². The van der Waals surface area contributed by atoms with Crippen LogP contribution in [0.5, 0.6) is 0 Å². The van der Waals surface area contributed by atoms with E-state index in [4.69, 9.17) is 0 Å². The molecule has 0 aliphatic heterocycles. The van der Waals surface area contributed by atoms with E-state index in [1.807, 2.05) is 18.2 Å². The van der Waals surface area contributed by atoms with Crippen LogP contribution in [-0.4, -0.2) is 23.4 Å². The van der Waals surface area contributed by atoms with Crippen LogP contribution < -0.4 is 0 Å². The number of hydroxylamine groups is 2. The van der Waals surface area contributed by atoms with Gasteiger partial charge in [-0.15, -0.1) is 0 Å². The second-order valence-corrected chi connectivity index (χ2v) is 4.83. The highest BCUT2D eigenvalue weighted by molar-refractivity contribution is 5.22.